The summed E-state index contributed by atoms with van der Waals surface area (Å²) in [6.07, 6.45) is 2.31. The summed E-state index contributed by atoms with van der Waals surface area (Å²) in [6, 6.07) is 28.3. The largest absolute Gasteiger partial charge is 1.00 e. The number of thioether (sulfide) groups is 1. The van der Waals surface area contributed by atoms with E-state index in [4.69, 9.17) is 0 Å². The van der Waals surface area contributed by atoms with Gasteiger partial charge in [-0.05, 0) is 42.8 Å². The topological polar surface area (TPSA) is 7.12 Å². The number of rotatable bonds is 3. The van der Waals surface area contributed by atoms with Gasteiger partial charge in [0.2, 0.25) is 5.69 Å². The Morgan fingerprint density at radius 1 is 0.806 bits per heavy atom. The Morgan fingerprint density at radius 3 is 2.06 bits per heavy atom. The Bertz CT molecular complexity index is 1190. The predicted octanol–water partition coefficient (Wildman–Crippen LogP) is 3.62. The van der Waals surface area contributed by atoms with Crippen LogP contribution >= 0.6 is 11.8 Å². The van der Waals surface area contributed by atoms with Gasteiger partial charge in [-0.15, -0.1) is 0 Å². The van der Waals surface area contributed by atoms with Crippen molar-refractivity contribution in [2.24, 2.45) is 0 Å². The molecule has 4 heteroatoms. The van der Waals surface area contributed by atoms with Gasteiger partial charge in [-0.1, -0.05) is 54.2 Å². The summed E-state index contributed by atoms with van der Waals surface area (Å²) in [7, 11) is 0. The molecule has 0 atom stereocenters. The van der Waals surface area contributed by atoms with Gasteiger partial charge < -0.3 is 28.9 Å². The van der Waals surface area contributed by atoms with Gasteiger partial charge in [0.05, 0.1) is 21.8 Å². The smallest absolute Gasteiger partial charge is 0.211 e. The van der Waals surface area contributed by atoms with Crippen LogP contribution in [0.4, 0.5) is 5.69 Å². The third-order valence-electron chi connectivity index (χ3n) is 5.88. The lowest BCUT2D eigenvalue weighted by Crippen LogP contribution is -3.00. The fraction of sp³-hybridized carbons (Fsp3) is 0.148. The first-order chi connectivity index (χ1) is 14.7. The van der Waals surface area contributed by atoms with Crippen molar-refractivity contribution >= 4 is 23.5 Å². The first kappa shape index (κ1) is 21.9. The summed E-state index contributed by atoms with van der Waals surface area (Å²) in [5.41, 5.74) is 8.91. The third kappa shape index (κ3) is 3.87. The van der Waals surface area contributed by atoms with Crippen molar-refractivity contribution in [2.45, 2.75) is 25.7 Å². The molecular weight excluding hydrogens is 511 g/mol. The van der Waals surface area contributed by atoms with Gasteiger partial charge in [0.15, 0.2) is 11.4 Å². The second-order valence-corrected chi connectivity index (χ2v) is 8.69. The molecule has 31 heavy (non-hydrogen) atoms. The van der Waals surface area contributed by atoms with Crippen molar-refractivity contribution in [1.29, 1.82) is 0 Å². The highest BCUT2D eigenvalue weighted by atomic mass is 127. The lowest BCUT2D eigenvalue weighted by Gasteiger charge is -2.17. The molecule has 2 aliphatic heterocycles. The molecule has 0 aromatic heterocycles. The Balaban J connectivity index is 0.00000231. The van der Waals surface area contributed by atoms with E-state index >= 15 is 0 Å². The molecule has 3 aliphatic rings. The molecule has 2 aromatic carbocycles. The van der Waals surface area contributed by atoms with Crippen LogP contribution in [0.25, 0.3) is 22.9 Å². The zero-order chi connectivity index (χ0) is 20.7. The minimum absolute atomic E-state index is 0. The molecule has 0 amide bonds. The SMILES string of the molecule is CCN1/C(=C\c2ccc3c(C)[n+](-c4ccccc4)c(C)c-3cc2)Sc2ccccc21.[I-]. The van der Waals surface area contributed by atoms with Crippen LogP contribution in [0, 0.1) is 13.8 Å². The maximum Gasteiger partial charge on any atom is 0.211 e. The highest BCUT2D eigenvalue weighted by Gasteiger charge is 2.27. The van der Waals surface area contributed by atoms with E-state index in [2.05, 4.69) is 115 Å². The van der Waals surface area contributed by atoms with E-state index in [1.54, 1.807) is 0 Å². The van der Waals surface area contributed by atoms with E-state index in [1.165, 1.54) is 49.4 Å². The zero-order valence-corrected chi connectivity index (χ0v) is 20.9. The van der Waals surface area contributed by atoms with Gasteiger partial charge in [-0.25, -0.2) is 0 Å². The van der Waals surface area contributed by atoms with Crippen molar-refractivity contribution < 1.29 is 28.5 Å². The van der Waals surface area contributed by atoms with Crippen molar-refractivity contribution in [3.05, 3.63) is 101 Å². The average Bonchev–Trinajstić information content (AvgIpc) is 3.13. The zero-order valence-electron chi connectivity index (χ0n) is 18.0. The lowest BCUT2D eigenvalue weighted by atomic mass is 10.1. The second kappa shape index (κ2) is 9.05. The van der Waals surface area contributed by atoms with Crippen molar-refractivity contribution in [3.63, 3.8) is 0 Å². The number of anilines is 1. The molecule has 2 aromatic rings. The molecule has 0 spiro atoms. The predicted molar refractivity (Wildman–Crippen MR) is 127 cm³/mol. The van der Waals surface area contributed by atoms with E-state index < -0.39 is 0 Å². The molecule has 2 heterocycles. The summed E-state index contributed by atoms with van der Waals surface area (Å²) in [4.78, 5) is 3.73. The minimum atomic E-state index is 0. The van der Waals surface area contributed by atoms with Crippen LogP contribution in [0.15, 0.2) is 88.8 Å². The molecule has 0 unspecified atom stereocenters. The number of hydrogen-bond acceptors (Lipinski definition) is 2. The molecule has 0 bridgehead atoms. The summed E-state index contributed by atoms with van der Waals surface area (Å²) >= 11 is 1.86. The van der Waals surface area contributed by atoms with Crippen LogP contribution in [0.5, 0.6) is 0 Å². The normalized spacial score (nSPS) is 14.0. The Labute approximate surface area is 206 Å². The van der Waals surface area contributed by atoms with Crippen molar-refractivity contribution in [2.75, 3.05) is 11.4 Å². The third-order valence-corrected chi connectivity index (χ3v) is 7.00. The highest BCUT2D eigenvalue weighted by Crippen LogP contribution is 2.46. The second-order valence-electron chi connectivity index (χ2n) is 7.63. The van der Waals surface area contributed by atoms with E-state index in [0.717, 1.165) is 6.54 Å². The summed E-state index contributed by atoms with van der Waals surface area (Å²) in [5, 5.41) is 1.29. The Kier molecular flexibility index (Phi) is 6.39. The molecular formula is C27H25IN2S. The number of benzene rings is 2. The van der Waals surface area contributed by atoms with Gasteiger partial charge in [0.1, 0.15) is 0 Å². The quantitative estimate of drug-likeness (QED) is 0.292. The molecule has 156 valence electrons. The van der Waals surface area contributed by atoms with Gasteiger partial charge in [0.25, 0.3) is 0 Å². The lowest BCUT2D eigenvalue weighted by molar-refractivity contribution is -0.604. The Morgan fingerprint density at radius 2 is 1.42 bits per heavy atom. The van der Waals surface area contributed by atoms with Gasteiger partial charge in [-0.2, -0.15) is 4.57 Å². The van der Waals surface area contributed by atoms with Crippen LogP contribution in [0.3, 0.4) is 0 Å². The summed E-state index contributed by atoms with van der Waals surface area (Å²) in [5.74, 6) is 0. The Hall–Kier alpha value is -2.31. The van der Waals surface area contributed by atoms with Gasteiger partial charge in [0, 0.05) is 37.4 Å². The first-order valence-corrected chi connectivity index (χ1v) is 11.3. The van der Waals surface area contributed by atoms with Crippen molar-refractivity contribution in [1.82, 2.24) is 0 Å². The van der Waals surface area contributed by atoms with Crippen LogP contribution in [0.1, 0.15) is 23.9 Å². The maximum atomic E-state index is 2.40. The fourth-order valence-corrected chi connectivity index (χ4v) is 5.59. The van der Waals surface area contributed by atoms with Gasteiger partial charge >= 0.3 is 0 Å². The monoisotopic (exact) mass is 536 g/mol. The molecule has 0 saturated heterocycles. The molecule has 2 nitrogen and oxygen atoms in total. The van der Waals surface area contributed by atoms with E-state index in [-0.39, 0.29) is 24.0 Å². The van der Waals surface area contributed by atoms with Crippen molar-refractivity contribution in [3.8, 4) is 16.8 Å². The molecule has 0 fully saturated rings. The van der Waals surface area contributed by atoms with Crippen LogP contribution in [-0.2, 0) is 0 Å². The van der Waals surface area contributed by atoms with E-state index in [1.807, 2.05) is 11.8 Å². The molecule has 0 N–H and O–H groups in total. The number of hydrogen-bond donors (Lipinski definition) is 0. The fourth-order valence-electron chi connectivity index (χ4n) is 4.41. The number of nitrogens with zero attached hydrogens (tertiary/aromatic N) is 2. The minimum Gasteiger partial charge on any atom is -1.00 e. The summed E-state index contributed by atoms with van der Waals surface area (Å²) in [6.45, 7) is 7.60. The molecule has 0 radical (unpaired) electrons. The first-order valence-electron chi connectivity index (χ1n) is 10.4. The highest BCUT2D eigenvalue weighted by molar-refractivity contribution is 8.03. The average molecular weight is 536 g/mol. The molecule has 0 saturated carbocycles. The summed E-state index contributed by atoms with van der Waals surface area (Å²) < 4.78 is 2.35. The number of para-hydroxylation sites is 2. The number of halogens is 1. The van der Waals surface area contributed by atoms with E-state index in [9.17, 15) is 0 Å². The maximum absolute atomic E-state index is 2.40. The number of aromatic nitrogens is 1. The van der Waals surface area contributed by atoms with Gasteiger partial charge in [-0.3, -0.25) is 0 Å². The molecule has 1 aliphatic carbocycles. The van der Waals surface area contributed by atoms with Crippen LogP contribution < -0.4 is 33.4 Å². The standard InChI is InChI=1S/C27H25N2S.HI/c1-4-28-25-12-8-9-13-26(25)30-27(28)18-21-14-16-23-19(2)29(20(3)24(23)17-15-21)22-10-6-5-7-11-22;/h5-18H,4H2,1-3H3;1H/q+1;/p-1. The van der Waals surface area contributed by atoms with Crippen LogP contribution in [0.2, 0.25) is 0 Å². The number of fused-ring (bicyclic) bond motifs is 2. The van der Waals surface area contributed by atoms with Crippen LogP contribution in [-0.4, -0.2) is 6.54 Å². The molecule has 5 rings (SSSR count). The van der Waals surface area contributed by atoms with E-state index in [0.29, 0.717) is 0 Å².